The lowest BCUT2D eigenvalue weighted by Crippen LogP contribution is -2.40. The third-order valence-electron chi connectivity index (χ3n) is 3.91. The zero-order valence-corrected chi connectivity index (χ0v) is 14.5. The summed E-state index contributed by atoms with van der Waals surface area (Å²) in [6, 6.07) is 2.11. The largest absolute Gasteiger partial charge is 0.269 e. The lowest BCUT2D eigenvalue weighted by molar-refractivity contribution is 0.462. The quantitative estimate of drug-likeness (QED) is 0.863. The number of aromatic nitrogens is 5. The molecule has 0 saturated heterocycles. The molecule has 0 fully saturated rings. The molecule has 0 atom stereocenters. The van der Waals surface area contributed by atoms with Crippen molar-refractivity contribution in [2.75, 3.05) is 6.26 Å². The summed E-state index contributed by atoms with van der Waals surface area (Å²) < 4.78 is 29.2. The van der Waals surface area contributed by atoms with Gasteiger partial charge in [-0.2, -0.15) is 5.10 Å². The number of sulfonamides is 1. The van der Waals surface area contributed by atoms with Crippen LogP contribution in [0.25, 0.3) is 0 Å². The maximum Gasteiger partial charge on any atom is 0.209 e. The first-order valence-corrected chi connectivity index (χ1v) is 9.57. The minimum absolute atomic E-state index is 0.530. The number of rotatable bonds is 5. The van der Waals surface area contributed by atoms with Gasteiger partial charge in [0.1, 0.15) is 5.69 Å². The third kappa shape index (κ3) is 3.78. The maximum atomic E-state index is 11.5. The predicted octanol–water partition coefficient (Wildman–Crippen LogP) is 0.643. The van der Waals surface area contributed by atoms with Crippen molar-refractivity contribution in [3.8, 4) is 0 Å². The van der Waals surface area contributed by atoms with Gasteiger partial charge >= 0.3 is 0 Å². The van der Waals surface area contributed by atoms with E-state index < -0.39 is 15.6 Å². The summed E-state index contributed by atoms with van der Waals surface area (Å²) in [5.41, 5.74) is 1.99. The molecule has 1 N–H and O–H groups in total. The van der Waals surface area contributed by atoms with Gasteiger partial charge in [0.05, 0.1) is 30.2 Å². The Bertz CT molecular complexity index is 782. The fraction of sp³-hybridized carbons (Fsp3) is 0.643. The van der Waals surface area contributed by atoms with Gasteiger partial charge in [0.15, 0.2) is 0 Å². The van der Waals surface area contributed by atoms with Gasteiger partial charge in [-0.25, -0.2) is 17.8 Å². The summed E-state index contributed by atoms with van der Waals surface area (Å²) in [5, 5.41) is 12.8. The van der Waals surface area contributed by atoms with Gasteiger partial charge in [0.25, 0.3) is 0 Å². The molecule has 0 aromatic carbocycles. The highest BCUT2D eigenvalue weighted by Gasteiger charge is 2.27. The fourth-order valence-corrected chi connectivity index (χ4v) is 3.93. The molecule has 8 nitrogen and oxygen atoms in total. The van der Waals surface area contributed by atoms with E-state index >= 15 is 0 Å². The van der Waals surface area contributed by atoms with Crippen LogP contribution in [-0.4, -0.2) is 39.4 Å². The SMILES string of the molecule is CC(C)(NS(C)(=O)=O)c1cn(Cc2cc3n(n2)CCCC3)nn1. The van der Waals surface area contributed by atoms with E-state index in [1.807, 2.05) is 0 Å². The molecule has 0 aliphatic carbocycles. The molecule has 0 saturated carbocycles. The summed E-state index contributed by atoms with van der Waals surface area (Å²) in [5.74, 6) is 0. The van der Waals surface area contributed by atoms with Crippen LogP contribution in [0.2, 0.25) is 0 Å². The molecule has 2 aromatic rings. The fourth-order valence-electron chi connectivity index (χ4n) is 2.90. The van der Waals surface area contributed by atoms with Crippen LogP contribution in [0.1, 0.15) is 43.8 Å². The van der Waals surface area contributed by atoms with Gasteiger partial charge in [-0.1, -0.05) is 5.21 Å². The van der Waals surface area contributed by atoms with Crippen LogP contribution >= 0.6 is 0 Å². The zero-order chi connectivity index (χ0) is 16.7. The summed E-state index contributed by atoms with van der Waals surface area (Å²) in [6.07, 6.45) is 6.35. The molecule has 126 valence electrons. The number of nitrogens with one attached hydrogen (secondary N) is 1. The molecule has 9 heteroatoms. The van der Waals surface area contributed by atoms with E-state index in [1.165, 1.54) is 18.5 Å². The van der Waals surface area contributed by atoms with Crippen LogP contribution in [0.4, 0.5) is 0 Å². The van der Waals surface area contributed by atoms with E-state index in [4.69, 9.17) is 0 Å². The second kappa shape index (κ2) is 5.72. The van der Waals surface area contributed by atoms with Crippen molar-refractivity contribution in [1.82, 2.24) is 29.5 Å². The van der Waals surface area contributed by atoms with E-state index in [-0.39, 0.29) is 0 Å². The molecule has 0 amide bonds. The summed E-state index contributed by atoms with van der Waals surface area (Å²) in [4.78, 5) is 0. The van der Waals surface area contributed by atoms with E-state index in [0.717, 1.165) is 24.9 Å². The third-order valence-corrected chi connectivity index (χ3v) is 4.79. The number of hydrogen-bond acceptors (Lipinski definition) is 5. The van der Waals surface area contributed by atoms with Crippen LogP contribution in [0, 0.1) is 0 Å². The van der Waals surface area contributed by atoms with Crippen LogP contribution in [-0.2, 0) is 35.1 Å². The molecule has 23 heavy (non-hydrogen) atoms. The van der Waals surface area contributed by atoms with Crippen molar-refractivity contribution in [2.45, 2.75) is 51.7 Å². The highest BCUT2D eigenvalue weighted by atomic mass is 32.2. The molecule has 3 rings (SSSR count). The predicted molar refractivity (Wildman–Crippen MR) is 85.3 cm³/mol. The monoisotopic (exact) mass is 338 g/mol. The molecular formula is C14H22N6O2S. The van der Waals surface area contributed by atoms with E-state index in [1.54, 1.807) is 24.7 Å². The van der Waals surface area contributed by atoms with E-state index in [2.05, 4.69) is 30.9 Å². The van der Waals surface area contributed by atoms with Crippen molar-refractivity contribution in [3.05, 3.63) is 29.3 Å². The first kappa shape index (κ1) is 16.1. The molecule has 0 bridgehead atoms. The molecule has 0 spiro atoms. The molecule has 0 radical (unpaired) electrons. The number of nitrogens with zero attached hydrogens (tertiary/aromatic N) is 5. The molecule has 1 aliphatic rings. The first-order valence-electron chi connectivity index (χ1n) is 7.68. The smallest absolute Gasteiger partial charge is 0.209 e. The van der Waals surface area contributed by atoms with Crippen molar-refractivity contribution < 1.29 is 8.42 Å². The van der Waals surface area contributed by atoms with Gasteiger partial charge in [-0.3, -0.25) is 4.68 Å². The standard InChI is InChI=1S/C14H22N6O2S/c1-14(2,17-23(3,21)22)13-10-19(18-15-13)9-11-8-12-6-4-5-7-20(12)16-11/h8,10,17H,4-7,9H2,1-3H3. The maximum absolute atomic E-state index is 11.5. The number of fused-ring (bicyclic) bond motifs is 1. The Morgan fingerprint density at radius 1 is 1.35 bits per heavy atom. The Hall–Kier alpha value is -1.74. The van der Waals surface area contributed by atoms with Gasteiger partial charge in [-0.15, -0.1) is 5.10 Å². The Morgan fingerprint density at radius 3 is 2.83 bits per heavy atom. The minimum atomic E-state index is -3.32. The molecule has 2 aromatic heterocycles. The topological polar surface area (TPSA) is 94.7 Å². The van der Waals surface area contributed by atoms with Crippen LogP contribution < -0.4 is 4.72 Å². The van der Waals surface area contributed by atoms with Gasteiger partial charge in [-0.05, 0) is 39.2 Å². The average molecular weight is 338 g/mol. The van der Waals surface area contributed by atoms with Crippen molar-refractivity contribution in [3.63, 3.8) is 0 Å². The van der Waals surface area contributed by atoms with Crippen molar-refractivity contribution in [2.24, 2.45) is 0 Å². The lowest BCUT2D eigenvalue weighted by atomic mass is 10.0. The number of aryl methyl sites for hydroxylation is 2. The molecular weight excluding hydrogens is 316 g/mol. The number of hydrogen-bond donors (Lipinski definition) is 1. The second-order valence-corrected chi connectivity index (χ2v) is 8.36. The van der Waals surface area contributed by atoms with Gasteiger partial charge in [0.2, 0.25) is 10.0 Å². The Kier molecular flexibility index (Phi) is 4.01. The lowest BCUT2D eigenvalue weighted by Gasteiger charge is -2.21. The van der Waals surface area contributed by atoms with Gasteiger partial charge in [0, 0.05) is 12.2 Å². The van der Waals surface area contributed by atoms with Crippen LogP contribution in [0.15, 0.2) is 12.3 Å². The molecule has 1 aliphatic heterocycles. The summed E-state index contributed by atoms with van der Waals surface area (Å²) in [6.45, 7) is 5.03. The summed E-state index contributed by atoms with van der Waals surface area (Å²) >= 11 is 0. The first-order chi connectivity index (χ1) is 10.7. The molecule has 0 unspecified atom stereocenters. The van der Waals surface area contributed by atoms with Crippen LogP contribution in [0.3, 0.4) is 0 Å². The zero-order valence-electron chi connectivity index (χ0n) is 13.7. The van der Waals surface area contributed by atoms with E-state index in [9.17, 15) is 8.42 Å². The van der Waals surface area contributed by atoms with Crippen molar-refractivity contribution >= 4 is 10.0 Å². The van der Waals surface area contributed by atoms with Gasteiger partial charge < -0.3 is 0 Å². The average Bonchev–Trinajstić information content (AvgIpc) is 3.02. The highest BCUT2D eigenvalue weighted by molar-refractivity contribution is 7.88. The molecule has 3 heterocycles. The summed E-state index contributed by atoms with van der Waals surface area (Å²) in [7, 11) is -3.32. The normalized spacial score (nSPS) is 15.6. The second-order valence-electron chi connectivity index (χ2n) is 6.61. The Balaban J connectivity index is 1.75. The van der Waals surface area contributed by atoms with Crippen LogP contribution in [0.5, 0.6) is 0 Å². The minimum Gasteiger partial charge on any atom is -0.269 e. The highest BCUT2D eigenvalue weighted by Crippen LogP contribution is 2.19. The van der Waals surface area contributed by atoms with Crippen molar-refractivity contribution in [1.29, 1.82) is 0 Å². The Labute approximate surface area is 135 Å². The Morgan fingerprint density at radius 2 is 2.13 bits per heavy atom. The van der Waals surface area contributed by atoms with E-state index in [0.29, 0.717) is 12.2 Å².